The first-order chi connectivity index (χ1) is 13.7. The summed E-state index contributed by atoms with van der Waals surface area (Å²) in [5.41, 5.74) is 1.78. The predicted octanol–water partition coefficient (Wildman–Crippen LogP) is 7.31. The average Bonchev–Trinajstić information content (AvgIpc) is 2.67. The van der Waals surface area contributed by atoms with Crippen LogP contribution < -0.4 is 4.31 Å². The Labute approximate surface area is 190 Å². The Hall–Kier alpha value is -1.69. The van der Waals surface area contributed by atoms with Crippen LogP contribution in [0.3, 0.4) is 0 Å². The highest BCUT2D eigenvalue weighted by Crippen LogP contribution is 2.28. The number of hydrogen-bond acceptors (Lipinski definition) is 2. The van der Waals surface area contributed by atoms with Gasteiger partial charge >= 0.3 is 0 Å². The van der Waals surface area contributed by atoms with Crippen molar-refractivity contribution in [2.75, 3.05) is 4.31 Å². The maximum Gasteiger partial charge on any atom is 0.257 e. The molecule has 0 aliphatic rings. The van der Waals surface area contributed by atoms with Crippen LogP contribution in [-0.2, 0) is 16.6 Å². The van der Waals surface area contributed by atoms with Crippen molar-refractivity contribution in [3.63, 3.8) is 0 Å². The smallest absolute Gasteiger partial charge is 0.257 e. The minimum atomic E-state index is -3.85. The van der Waals surface area contributed by atoms with Gasteiger partial charge in [0.2, 0.25) is 0 Å². The SMILES string of the molecule is O=S(=O)(/C=C/c1cccc(Cl)c1)N(Cc1ccc(Cl)c(Cl)c1)c1cccc(Cl)c1. The normalized spacial score (nSPS) is 11.7. The Balaban J connectivity index is 2.00. The first kappa shape index (κ1) is 22.0. The summed E-state index contributed by atoms with van der Waals surface area (Å²) >= 11 is 24.1. The molecule has 0 amide bonds. The van der Waals surface area contributed by atoms with Crippen molar-refractivity contribution in [2.24, 2.45) is 0 Å². The number of rotatable bonds is 6. The Bertz CT molecular complexity index is 1160. The molecule has 0 aliphatic heterocycles. The van der Waals surface area contributed by atoms with Gasteiger partial charge in [0.05, 0.1) is 27.7 Å². The summed E-state index contributed by atoms with van der Waals surface area (Å²) in [6.07, 6.45) is 1.49. The van der Waals surface area contributed by atoms with Crippen LogP contribution in [0.15, 0.2) is 72.1 Å². The molecule has 29 heavy (non-hydrogen) atoms. The van der Waals surface area contributed by atoms with Crippen LogP contribution in [0.5, 0.6) is 0 Å². The molecule has 150 valence electrons. The Morgan fingerprint density at radius 3 is 2.14 bits per heavy atom. The van der Waals surface area contributed by atoms with Crippen molar-refractivity contribution in [2.45, 2.75) is 6.54 Å². The van der Waals surface area contributed by atoms with Gasteiger partial charge in [-0.2, -0.15) is 0 Å². The maximum absolute atomic E-state index is 13.2. The van der Waals surface area contributed by atoms with Crippen LogP contribution in [0.25, 0.3) is 6.08 Å². The Kier molecular flexibility index (Phi) is 7.14. The van der Waals surface area contributed by atoms with Crippen LogP contribution in [0.2, 0.25) is 20.1 Å². The molecule has 0 heterocycles. The zero-order valence-corrected chi connectivity index (χ0v) is 18.7. The summed E-state index contributed by atoms with van der Waals surface area (Å²) < 4.78 is 27.6. The van der Waals surface area contributed by atoms with Crippen molar-refractivity contribution in [1.82, 2.24) is 0 Å². The summed E-state index contributed by atoms with van der Waals surface area (Å²) in [7, 11) is -3.85. The standard InChI is InChI=1S/C21H15Cl4NO2S/c22-17-4-1-3-15(11-17)9-10-29(27,28)26(19-6-2-5-18(23)13-19)14-16-7-8-20(24)21(25)12-16/h1-13H,14H2/b10-9+. The predicted molar refractivity (Wildman–Crippen MR) is 124 cm³/mol. The van der Waals surface area contributed by atoms with E-state index in [1.807, 2.05) is 0 Å². The number of anilines is 1. The molecule has 0 unspecified atom stereocenters. The minimum Gasteiger partial charge on any atom is -0.262 e. The summed E-state index contributed by atoms with van der Waals surface area (Å²) in [5, 5.41) is 2.83. The van der Waals surface area contributed by atoms with Crippen LogP contribution >= 0.6 is 46.4 Å². The number of nitrogens with zero attached hydrogens (tertiary/aromatic N) is 1. The minimum absolute atomic E-state index is 0.0550. The fourth-order valence-corrected chi connectivity index (χ4v) is 4.53. The van der Waals surface area contributed by atoms with Crippen molar-refractivity contribution in [3.8, 4) is 0 Å². The number of halogens is 4. The van der Waals surface area contributed by atoms with Gasteiger partial charge in [0.1, 0.15) is 0 Å². The van der Waals surface area contributed by atoms with Crippen LogP contribution in [0.4, 0.5) is 5.69 Å². The average molecular weight is 487 g/mol. The summed E-state index contributed by atoms with van der Waals surface area (Å²) in [5.74, 6) is 0. The van der Waals surface area contributed by atoms with Crippen molar-refractivity contribution >= 4 is 68.2 Å². The monoisotopic (exact) mass is 485 g/mol. The molecular formula is C21H15Cl4NO2S. The van der Waals surface area contributed by atoms with E-state index in [-0.39, 0.29) is 6.54 Å². The molecule has 3 nitrogen and oxygen atoms in total. The second-order valence-electron chi connectivity index (χ2n) is 6.14. The van der Waals surface area contributed by atoms with Gasteiger partial charge < -0.3 is 0 Å². The van der Waals surface area contributed by atoms with E-state index in [9.17, 15) is 8.42 Å². The van der Waals surface area contributed by atoms with Gasteiger partial charge in [-0.05, 0) is 59.7 Å². The second kappa shape index (κ2) is 9.41. The molecule has 3 rings (SSSR count). The van der Waals surface area contributed by atoms with Gasteiger partial charge in [-0.25, -0.2) is 8.42 Å². The zero-order valence-electron chi connectivity index (χ0n) is 14.9. The highest BCUT2D eigenvalue weighted by molar-refractivity contribution is 7.95. The van der Waals surface area contributed by atoms with Crippen molar-refractivity contribution in [1.29, 1.82) is 0 Å². The fourth-order valence-electron chi connectivity index (χ4n) is 2.61. The van der Waals surface area contributed by atoms with E-state index in [0.717, 1.165) is 5.41 Å². The van der Waals surface area contributed by atoms with Crippen LogP contribution in [-0.4, -0.2) is 8.42 Å². The molecule has 8 heteroatoms. The number of sulfonamides is 1. The third-order valence-electron chi connectivity index (χ3n) is 3.99. The molecule has 0 saturated heterocycles. The topological polar surface area (TPSA) is 37.4 Å². The summed E-state index contributed by atoms with van der Waals surface area (Å²) in [4.78, 5) is 0. The Morgan fingerprint density at radius 1 is 0.793 bits per heavy atom. The molecule has 0 saturated carbocycles. The fraction of sp³-hybridized carbons (Fsp3) is 0.0476. The highest BCUT2D eigenvalue weighted by Gasteiger charge is 2.21. The van der Waals surface area contributed by atoms with E-state index in [1.165, 1.54) is 10.4 Å². The third-order valence-corrected chi connectivity index (χ3v) is 6.64. The number of hydrogen-bond donors (Lipinski definition) is 0. The van der Waals surface area contributed by atoms with E-state index in [2.05, 4.69) is 0 Å². The van der Waals surface area contributed by atoms with E-state index in [1.54, 1.807) is 66.7 Å². The lowest BCUT2D eigenvalue weighted by atomic mass is 10.2. The van der Waals surface area contributed by atoms with Crippen LogP contribution in [0.1, 0.15) is 11.1 Å². The largest absolute Gasteiger partial charge is 0.262 e. The van der Waals surface area contributed by atoms with E-state index in [4.69, 9.17) is 46.4 Å². The lowest BCUT2D eigenvalue weighted by molar-refractivity contribution is 0.599. The third kappa shape index (κ3) is 5.91. The summed E-state index contributed by atoms with van der Waals surface area (Å²) in [6, 6.07) is 18.5. The van der Waals surface area contributed by atoms with Gasteiger partial charge in [-0.1, -0.05) is 70.7 Å². The van der Waals surface area contributed by atoms with E-state index >= 15 is 0 Å². The van der Waals surface area contributed by atoms with Crippen LogP contribution in [0, 0.1) is 0 Å². The molecular weight excluding hydrogens is 472 g/mol. The van der Waals surface area contributed by atoms with Gasteiger partial charge in [0.25, 0.3) is 10.0 Å². The van der Waals surface area contributed by atoms with E-state index in [0.29, 0.717) is 36.9 Å². The molecule has 0 aromatic heterocycles. The van der Waals surface area contributed by atoms with Gasteiger partial charge in [-0.3, -0.25) is 4.31 Å². The van der Waals surface area contributed by atoms with E-state index < -0.39 is 10.0 Å². The lowest BCUT2D eigenvalue weighted by Gasteiger charge is -2.23. The van der Waals surface area contributed by atoms with Gasteiger partial charge in [-0.15, -0.1) is 0 Å². The molecule has 0 fully saturated rings. The second-order valence-corrected chi connectivity index (χ2v) is 9.57. The number of benzene rings is 3. The molecule has 0 atom stereocenters. The molecule has 0 radical (unpaired) electrons. The summed E-state index contributed by atoms with van der Waals surface area (Å²) in [6.45, 7) is 0.0550. The molecule has 3 aromatic carbocycles. The maximum atomic E-state index is 13.2. The molecule has 0 aliphatic carbocycles. The first-order valence-electron chi connectivity index (χ1n) is 8.40. The van der Waals surface area contributed by atoms with Gasteiger partial charge in [0, 0.05) is 10.0 Å². The first-order valence-corrected chi connectivity index (χ1v) is 11.4. The molecule has 0 spiro atoms. The highest BCUT2D eigenvalue weighted by atomic mass is 35.5. The molecule has 3 aromatic rings. The van der Waals surface area contributed by atoms with Crippen molar-refractivity contribution in [3.05, 3.63) is 103 Å². The molecule has 0 N–H and O–H groups in total. The molecule has 0 bridgehead atoms. The zero-order chi connectivity index (χ0) is 21.0. The Morgan fingerprint density at radius 2 is 1.48 bits per heavy atom. The lowest BCUT2D eigenvalue weighted by Crippen LogP contribution is -2.28. The van der Waals surface area contributed by atoms with Crippen molar-refractivity contribution < 1.29 is 8.42 Å². The quantitative estimate of drug-likeness (QED) is 0.366. The van der Waals surface area contributed by atoms with Gasteiger partial charge in [0.15, 0.2) is 0 Å².